The van der Waals surface area contributed by atoms with Gasteiger partial charge in [0.1, 0.15) is 5.75 Å². The van der Waals surface area contributed by atoms with Gasteiger partial charge in [-0.3, -0.25) is 9.89 Å². The van der Waals surface area contributed by atoms with Gasteiger partial charge in [0.15, 0.2) is 5.69 Å². The topological polar surface area (TPSA) is 90.4 Å². The molecule has 0 fully saturated rings. The van der Waals surface area contributed by atoms with Gasteiger partial charge in [0.2, 0.25) is 0 Å². The standard InChI is InChI=1S/C16H18N4O2/c1-10(11-6-8-12(21)9-7-11)17-20-16(22)15-13-4-2-3-5-14(13)18-19-15/h6-9,21H,2-5H2,1H3,(H,18,19)(H,20,22)/b17-10-. The molecule has 0 bridgehead atoms. The molecule has 0 spiro atoms. The maximum atomic E-state index is 12.2. The van der Waals surface area contributed by atoms with E-state index in [9.17, 15) is 9.90 Å². The van der Waals surface area contributed by atoms with Crippen molar-refractivity contribution < 1.29 is 9.90 Å². The maximum absolute atomic E-state index is 12.2. The lowest BCUT2D eigenvalue weighted by Gasteiger charge is -2.10. The number of phenolic OH excluding ortho intramolecular Hbond substituents is 1. The van der Waals surface area contributed by atoms with Gasteiger partial charge < -0.3 is 5.11 Å². The summed E-state index contributed by atoms with van der Waals surface area (Å²) < 4.78 is 0. The molecule has 2 aromatic rings. The lowest BCUT2D eigenvalue weighted by Crippen LogP contribution is -2.21. The van der Waals surface area contributed by atoms with Crippen molar-refractivity contribution in [3.8, 4) is 5.75 Å². The number of benzene rings is 1. The van der Waals surface area contributed by atoms with Crippen LogP contribution in [0.4, 0.5) is 0 Å². The fourth-order valence-electron chi connectivity index (χ4n) is 2.62. The number of carbonyl (C=O) groups excluding carboxylic acids is 1. The van der Waals surface area contributed by atoms with Crippen molar-refractivity contribution in [1.82, 2.24) is 15.6 Å². The first-order valence-corrected chi connectivity index (χ1v) is 7.35. The molecule has 0 atom stereocenters. The Morgan fingerprint density at radius 1 is 1.27 bits per heavy atom. The minimum absolute atomic E-state index is 0.198. The molecule has 0 aliphatic heterocycles. The average Bonchev–Trinajstić information content (AvgIpc) is 2.97. The van der Waals surface area contributed by atoms with Crippen LogP contribution in [-0.2, 0) is 12.8 Å². The molecule has 6 nitrogen and oxygen atoms in total. The van der Waals surface area contributed by atoms with Crippen molar-refractivity contribution in [2.45, 2.75) is 32.6 Å². The molecule has 0 radical (unpaired) electrons. The molecule has 1 aliphatic rings. The Kier molecular flexibility index (Phi) is 3.91. The van der Waals surface area contributed by atoms with E-state index in [0.29, 0.717) is 11.4 Å². The normalized spacial score (nSPS) is 14.5. The van der Waals surface area contributed by atoms with Gasteiger partial charge in [0.25, 0.3) is 5.91 Å². The predicted octanol–water partition coefficient (Wildman–Crippen LogP) is 2.15. The zero-order valence-electron chi connectivity index (χ0n) is 12.4. The van der Waals surface area contributed by atoms with Crippen molar-refractivity contribution in [3.05, 3.63) is 46.8 Å². The number of carbonyl (C=O) groups is 1. The molecule has 22 heavy (non-hydrogen) atoms. The Morgan fingerprint density at radius 3 is 2.77 bits per heavy atom. The quantitative estimate of drug-likeness (QED) is 0.599. The number of aromatic nitrogens is 2. The molecule has 6 heteroatoms. The summed E-state index contributed by atoms with van der Waals surface area (Å²) in [6.45, 7) is 1.80. The van der Waals surface area contributed by atoms with E-state index in [-0.39, 0.29) is 11.7 Å². The highest BCUT2D eigenvalue weighted by Gasteiger charge is 2.21. The summed E-state index contributed by atoms with van der Waals surface area (Å²) in [6.07, 6.45) is 4.05. The number of fused-ring (bicyclic) bond motifs is 1. The molecule has 3 N–H and O–H groups in total. The number of hydrogen-bond acceptors (Lipinski definition) is 4. The first-order valence-electron chi connectivity index (χ1n) is 7.35. The molecular weight excluding hydrogens is 280 g/mol. The van der Waals surface area contributed by atoms with Gasteiger partial charge in [-0.05, 0) is 62.4 Å². The second-order valence-electron chi connectivity index (χ2n) is 5.42. The second kappa shape index (κ2) is 6.01. The number of amides is 1. The molecule has 0 saturated carbocycles. The van der Waals surface area contributed by atoms with Gasteiger partial charge in [0, 0.05) is 11.3 Å². The first-order chi connectivity index (χ1) is 10.6. The van der Waals surface area contributed by atoms with E-state index in [4.69, 9.17) is 0 Å². The number of aromatic hydroxyl groups is 1. The molecule has 0 unspecified atom stereocenters. The summed E-state index contributed by atoms with van der Waals surface area (Å²) >= 11 is 0. The molecule has 114 valence electrons. The van der Waals surface area contributed by atoms with E-state index in [0.717, 1.165) is 42.5 Å². The second-order valence-corrected chi connectivity index (χ2v) is 5.42. The highest BCUT2D eigenvalue weighted by atomic mass is 16.3. The fourth-order valence-corrected chi connectivity index (χ4v) is 2.62. The number of H-pyrrole nitrogens is 1. The van der Waals surface area contributed by atoms with E-state index in [1.807, 2.05) is 0 Å². The Balaban J connectivity index is 1.73. The summed E-state index contributed by atoms with van der Waals surface area (Å²) in [6, 6.07) is 6.66. The van der Waals surface area contributed by atoms with Crippen molar-refractivity contribution in [1.29, 1.82) is 0 Å². The largest absolute Gasteiger partial charge is 0.508 e. The van der Waals surface area contributed by atoms with Gasteiger partial charge >= 0.3 is 0 Å². The third kappa shape index (κ3) is 2.86. The summed E-state index contributed by atoms with van der Waals surface area (Å²) in [5, 5.41) is 20.4. The average molecular weight is 298 g/mol. The van der Waals surface area contributed by atoms with Gasteiger partial charge in [-0.2, -0.15) is 10.2 Å². The minimum Gasteiger partial charge on any atom is -0.508 e. The molecule has 0 saturated heterocycles. The van der Waals surface area contributed by atoms with Crippen LogP contribution in [0.15, 0.2) is 29.4 Å². The van der Waals surface area contributed by atoms with E-state index >= 15 is 0 Å². The molecule has 1 aromatic carbocycles. The number of nitrogens with one attached hydrogen (secondary N) is 2. The van der Waals surface area contributed by atoms with Gasteiger partial charge in [-0.25, -0.2) is 5.43 Å². The Labute approximate surface area is 128 Å². The molecule has 1 aliphatic carbocycles. The van der Waals surface area contributed by atoms with E-state index in [2.05, 4.69) is 20.7 Å². The van der Waals surface area contributed by atoms with Crippen LogP contribution in [0.2, 0.25) is 0 Å². The molecule has 1 amide bonds. The monoisotopic (exact) mass is 298 g/mol. The number of nitrogens with zero attached hydrogens (tertiary/aromatic N) is 2. The minimum atomic E-state index is -0.294. The smallest absolute Gasteiger partial charge is 0.292 e. The summed E-state index contributed by atoms with van der Waals surface area (Å²) in [4.78, 5) is 12.2. The van der Waals surface area contributed by atoms with E-state index < -0.39 is 0 Å². The Hall–Kier alpha value is -2.63. The highest BCUT2D eigenvalue weighted by molar-refractivity contribution is 6.00. The van der Waals surface area contributed by atoms with Gasteiger partial charge in [0.05, 0.1) is 5.71 Å². The zero-order chi connectivity index (χ0) is 15.5. The lowest BCUT2D eigenvalue weighted by molar-refractivity contribution is 0.0948. The number of hydrazone groups is 1. The van der Waals surface area contributed by atoms with Crippen molar-refractivity contribution in [2.24, 2.45) is 5.10 Å². The van der Waals surface area contributed by atoms with E-state index in [1.165, 1.54) is 0 Å². The fraction of sp³-hybridized carbons (Fsp3) is 0.312. The summed E-state index contributed by atoms with van der Waals surface area (Å²) in [7, 11) is 0. The van der Waals surface area contributed by atoms with Crippen LogP contribution in [0.1, 0.15) is 47.1 Å². The van der Waals surface area contributed by atoms with E-state index in [1.54, 1.807) is 31.2 Å². The lowest BCUT2D eigenvalue weighted by atomic mass is 9.96. The summed E-state index contributed by atoms with van der Waals surface area (Å²) in [5.74, 6) is -0.0961. The van der Waals surface area contributed by atoms with Crippen LogP contribution in [0.3, 0.4) is 0 Å². The summed E-state index contributed by atoms with van der Waals surface area (Å²) in [5.41, 5.74) is 6.57. The van der Waals surface area contributed by atoms with Crippen molar-refractivity contribution >= 4 is 11.6 Å². The van der Waals surface area contributed by atoms with Crippen LogP contribution in [-0.4, -0.2) is 26.9 Å². The molecule has 1 heterocycles. The van der Waals surface area contributed by atoms with Gasteiger partial charge in [-0.15, -0.1) is 0 Å². The Bertz CT molecular complexity index is 716. The van der Waals surface area contributed by atoms with Crippen LogP contribution in [0.5, 0.6) is 5.75 Å². The number of aryl methyl sites for hydroxylation is 1. The molecular formula is C16H18N4O2. The highest BCUT2D eigenvalue weighted by Crippen LogP contribution is 2.22. The maximum Gasteiger partial charge on any atom is 0.292 e. The third-order valence-electron chi connectivity index (χ3n) is 3.88. The number of aromatic amines is 1. The van der Waals surface area contributed by atoms with Crippen molar-refractivity contribution in [3.63, 3.8) is 0 Å². The molecule has 3 rings (SSSR count). The van der Waals surface area contributed by atoms with Gasteiger partial charge in [-0.1, -0.05) is 0 Å². The van der Waals surface area contributed by atoms with Crippen LogP contribution in [0, 0.1) is 0 Å². The predicted molar refractivity (Wildman–Crippen MR) is 83.0 cm³/mol. The Morgan fingerprint density at radius 2 is 2.00 bits per heavy atom. The van der Waals surface area contributed by atoms with Crippen LogP contribution >= 0.6 is 0 Å². The zero-order valence-corrected chi connectivity index (χ0v) is 12.4. The van der Waals surface area contributed by atoms with Crippen LogP contribution < -0.4 is 5.43 Å². The molecule has 1 aromatic heterocycles. The number of rotatable bonds is 3. The van der Waals surface area contributed by atoms with Crippen molar-refractivity contribution in [2.75, 3.05) is 0 Å². The number of phenols is 1. The SMILES string of the molecule is C/C(=N/NC(=O)c1n[nH]c2c1CCCC2)c1ccc(O)cc1. The number of hydrogen-bond donors (Lipinski definition) is 3. The third-order valence-corrected chi connectivity index (χ3v) is 3.88. The first kappa shape index (κ1) is 14.3. The van der Waals surface area contributed by atoms with Crippen LogP contribution in [0.25, 0.3) is 0 Å².